The van der Waals surface area contributed by atoms with Gasteiger partial charge in [0.1, 0.15) is 6.26 Å². The molecule has 0 saturated carbocycles. The van der Waals surface area contributed by atoms with Crippen LogP contribution >= 0.6 is 0 Å². The zero-order valence-corrected chi connectivity index (χ0v) is 8.71. The average molecular weight is 212 g/mol. The number of aromatic nitrogens is 2. The number of hydrogen-bond acceptors (Lipinski definition) is 2. The highest BCUT2D eigenvalue weighted by Gasteiger charge is 1.92. The topological polar surface area (TPSA) is 41.8 Å². The summed E-state index contributed by atoms with van der Waals surface area (Å²) in [6.45, 7) is 0. The summed E-state index contributed by atoms with van der Waals surface area (Å²) in [5.74, 6) is 0. The molecule has 0 fully saturated rings. The molecule has 0 radical (unpaired) electrons. The summed E-state index contributed by atoms with van der Waals surface area (Å²) in [4.78, 5) is 6.71. The van der Waals surface area contributed by atoms with Crippen molar-refractivity contribution in [3.63, 3.8) is 0 Å². The van der Waals surface area contributed by atoms with Gasteiger partial charge < -0.3 is 9.40 Å². The Bertz CT molecular complexity index is 455. The summed E-state index contributed by atoms with van der Waals surface area (Å²) in [5, 5.41) is 0. The molecule has 2 heterocycles. The molecule has 0 aliphatic heterocycles. The number of hydrogen-bond donors (Lipinski definition) is 1. The van der Waals surface area contributed by atoms with Gasteiger partial charge in [-0.3, -0.25) is 0 Å². The van der Waals surface area contributed by atoms with Crippen LogP contribution in [0.1, 0.15) is 0 Å². The number of rotatable bonds is 1. The van der Waals surface area contributed by atoms with E-state index in [-0.39, 0.29) is 0 Å². The molecule has 3 aromatic rings. The van der Waals surface area contributed by atoms with Crippen LogP contribution in [0.15, 0.2) is 71.9 Å². The smallest absolute Gasteiger partial charge is 0.180 e. The zero-order valence-electron chi connectivity index (χ0n) is 8.71. The van der Waals surface area contributed by atoms with Crippen LogP contribution in [0.3, 0.4) is 0 Å². The van der Waals surface area contributed by atoms with E-state index in [1.807, 2.05) is 30.5 Å². The fourth-order valence-corrected chi connectivity index (χ4v) is 1.30. The molecule has 0 bridgehead atoms. The first kappa shape index (κ1) is 10.2. The van der Waals surface area contributed by atoms with Crippen molar-refractivity contribution in [1.29, 1.82) is 0 Å². The average Bonchev–Trinajstić information content (AvgIpc) is 3.07. The van der Waals surface area contributed by atoms with Gasteiger partial charge in [-0.15, -0.1) is 0 Å². The minimum absolute atomic E-state index is 1.17. The maximum atomic E-state index is 4.47. The van der Waals surface area contributed by atoms with Gasteiger partial charge in [-0.05, 0) is 17.7 Å². The third kappa shape index (κ3) is 2.85. The SMILES string of the molecule is c1ccc(-c2ccc[nH]2)cc1.c1cocn1. The molecule has 3 nitrogen and oxygen atoms in total. The van der Waals surface area contributed by atoms with Crippen molar-refractivity contribution < 1.29 is 4.42 Å². The Kier molecular flexibility index (Phi) is 3.55. The van der Waals surface area contributed by atoms with Crippen molar-refractivity contribution in [2.45, 2.75) is 0 Å². The molecule has 1 N–H and O–H groups in total. The van der Waals surface area contributed by atoms with Crippen LogP contribution in [0.5, 0.6) is 0 Å². The Hall–Kier alpha value is -2.29. The Morgan fingerprint density at radius 3 is 2.38 bits per heavy atom. The van der Waals surface area contributed by atoms with E-state index >= 15 is 0 Å². The van der Waals surface area contributed by atoms with E-state index < -0.39 is 0 Å². The van der Waals surface area contributed by atoms with E-state index in [4.69, 9.17) is 0 Å². The summed E-state index contributed by atoms with van der Waals surface area (Å²) in [7, 11) is 0. The van der Waals surface area contributed by atoms with E-state index in [1.165, 1.54) is 23.9 Å². The second-order valence-electron chi connectivity index (χ2n) is 3.13. The number of aromatic amines is 1. The lowest BCUT2D eigenvalue weighted by molar-refractivity contribution is 0.558. The van der Waals surface area contributed by atoms with Gasteiger partial charge >= 0.3 is 0 Å². The third-order valence-electron chi connectivity index (χ3n) is 2.03. The predicted octanol–water partition coefficient (Wildman–Crippen LogP) is 3.36. The van der Waals surface area contributed by atoms with Crippen LogP contribution in [0.25, 0.3) is 11.3 Å². The molecule has 0 aliphatic carbocycles. The first-order valence-electron chi connectivity index (χ1n) is 4.98. The van der Waals surface area contributed by atoms with Crippen molar-refractivity contribution >= 4 is 0 Å². The largest absolute Gasteiger partial charge is 0.452 e. The maximum Gasteiger partial charge on any atom is 0.180 e. The van der Waals surface area contributed by atoms with Crippen molar-refractivity contribution in [1.82, 2.24) is 9.97 Å². The molecule has 0 aliphatic rings. The van der Waals surface area contributed by atoms with Gasteiger partial charge in [0.2, 0.25) is 0 Å². The lowest BCUT2D eigenvalue weighted by Gasteiger charge is -1.94. The van der Waals surface area contributed by atoms with Crippen molar-refractivity contribution in [3.8, 4) is 11.3 Å². The van der Waals surface area contributed by atoms with Gasteiger partial charge in [0.15, 0.2) is 6.39 Å². The van der Waals surface area contributed by atoms with E-state index in [1.54, 1.807) is 6.20 Å². The second-order valence-corrected chi connectivity index (χ2v) is 3.13. The quantitative estimate of drug-likeness (QED) is 0.672. The molecule has 1 aromatic carbocycles. The monoisotopic (exact) mass is 212 g/mol. The molecule has 0 unspecified atom stereocenters. The zero-order chi connectivity index (χ0) is 11.1. The minimum atomic E-state index is 1.17. The number of nitrogens with one attached hydrogen (secondary N) is 1. The standard InChI is InChI=1S/C10H9N.C3H3NO/c1-2-5-9(6-3-1)10-7-4-8-11-10;1-2-5-3-4-1/h1-8,11H;1-3H. The normalized spacial score (nSPS) is 9.25. The number of oxazole rings is 1. The molecule has 2 aromatic heterocycles. The lowest BCUT2D eigenvalue weighted by atomic mass is 10.2. The van der Waals surface area contributed by atoms with Crippen molar-refractivity contribution in [2.75, 3.05) is 0 Å². The summed E-state index contributed by atoms with van der Waals surface area (Å²) < 4.78 is 4.47. The Morgan fingerprint density at radius 1 is 1.00 bits per heavy atom. The Morgan fingerprint density at radius 2 is 1.88 bits per heavy atom. The van der Waals surface area contributed by atoms with Gasteiger partial charge in [-0.2, -0.15) is 0 Å². The van der Waals surface area contributed by atoms with Gasteiger partial charge in [0.25, 0.3) is 0 Å². The molecular weight excluding hydrogens is 200 g/mol. The van der Waals surface area contributed by atoms with Gasteiger partial charge in [0, 0.05) is 11.9 Å². The van der Waals surface area contributed by atoms with Gasteiger partial charge in [-0.1, -0.05) is 30.3 Å². The second kappa shape index (κ2) is 5.56. The molecule has 0 spiro atoms. The molecular formula is C13H12N2O. The maximum absolute atomic E-state index is 4.47. The van der Waals surface area contributed by atoms with Crippen molar-refractivity contribution in [2.24, 2.45) is 0 Å². The summed E-state index contributed by atoms with van der Waals surface area (Å²) >= 11 is 0. The Labute approximate surface area is 93.8 Å². The minimum Gasteiger partial charge on any atom is -0.452 e. The van der Waals surface area contributed by atoms with E-state index in [2.05, 4.69) is 32.6 Å². The van der Waals surface area contributed by atoms with Crippen LogP contribution in [-0.2, 0) is 0 Å². The van der Waals surface area contributed by atoms with E-state index in [0.717, 1.165) is 0 Å². The van der Waals surface area contributed by atoms with Gasteiger partial charge in [-0.25, -0.2) is 4.98 Å². The highest BCUT2D eigenvalue weighted by molar-refractivity contribution is 5.58. The molecule has 3 heteroatoms. The van der Waals surface area contributed by atoms with E-state index in [0.29, 0.717) is 0 Å². The molecule has 3 rings (SSSR count). The Balaban J connectivity index is 0.000000162. The summed E-state index contributed by atoms with van der Waals surface area (Å²) in [6, 6.07) is 14.3. The fraction of sp³-hybridized carbons (Fsp3) is 0. The number of H-pyrrole nitrogens is 1. The predicted molar refractivity (Wildman–Crippen MR) is 62.7 cm³/mol. The van der Waals surface area contributed by atoms with Gasteiger partial charge in [0.05, 0.1) is 6.20 Å². The molecule has 0 amide bonds. The summed E-state index contributed by atoms with van der Waals surface area (Å²) in [6.07, 6.45) is 6.41. The first-order chi connectivity index (χ1) is 7.97. The lowest BCUT2D eigenvalue weighted by Crippen LogP contribution is -1.73. The van der Waals surface area contributed by atoms with Crippen molar-refractivity contribution in [3.05, 3.63) is 67.5 Å². The fourth-order valence-electron chi connectivity index (χ4n) is 1.30. The third-order valence-corrected chi connectivity index (χ3v) is 2.03. The number of benzene rings is 1. The molecule has 0 atom stereocenters. The van der Waals surface area contributed by atoms with Crippen LogP contribution in [0, 0.1) is 0 Å². The van der Waals surface area contributed by atoms with Crippen LogP contribution in [0.2, 0.25) is 0 Å². The number of nitrogens with zero attached hydrogens (tertiary/aromatic N) is 1. The molecule has 0 saturated heterocycles. The first-order valence-corrected chi connectivity index (χ1v) is 4.98. The van der Waals surface area contributed by atoms with Crippen LogP contribution in [-0.4, -0.2) is 9.97 Å². The molecule has 80 valence electrons. The summed E-state index contributed by atoms with van der Waals surface area (Å²) in [5.41, 5.74) is 2.41. The highest BCUT2D eigenvalue weighted by atomic mass is 16.3. The van der Waals surface area contributed by atoms with E-state index in [9.17, 15) is 0 Å². The van der Waals surface area contributed by atoms with Crippen LogP contribution < -0.4 is 0 Å². The highest BCUT2D eigenvalue weighted by Crippen LogP contribution is 2.14. The van der Waals surface area contributed by atoms with Crippen LogP contribution in [0.4, 0.5) is 0 Å². The molecule has 16 heavy (non-hydrogen) atoms.